The number of aromatic nitrogens is 3. The molecule has 1 aromatic carbocycles. The normalized spacial score (nSPS) is 11.1. The lowest BCUT2D eigenvalue weighted by Crippen LogP contribution is -2.15. The van der Waals surface area contributed by atoms with E-state index in [1.165, 1.54) is 23.5 Å². The number of nitrogens with one attached hydrogen (secondary N) is 2. The van der Waals surface area contributed by atoms with Crippen molar-refractivity contribution in [2.45, 2.75) is 6.42 Å². The molecular weight excluding hydrogens is 377 g/mol. The van der Waals surface area contributed by atoms with Crippen LogP contribution in [0.15, 0.2) is 42.0 Å². The monoisotopic (exact) mass is 388 g/mol. The summed E-state index contributed by atoms with van der Waals surface area (Å²) in [6.45, 7) is 0. The zero-order valence-corrected chi connectivity index (χ0v) is 14.4. The van der Waals surface area contributed by atoms with E-state index >= 15 is 0 Å². The molecule has 4 rings (SSSR count). The predicted octanol–water partition coefficient (Wildman–Crippen LogP) is 4.28. The minimum atomic E-state index is -0.779. The number of halogens is 3. The van der Waals surface area contributed by atoms with Gasteiger partial charge in [-0.25, -0.2) is 23.1 Å². The largest absolute Gasteiger partial charge is 0.345 e. The van der Waals surface area contributed by atoms with Crippen LogP contribution in [0.2, 0.25) is 0 Å². The number of benzene rings is 1. The van der Waals surface area contributed by atoms with Crippen molar-refractivity contribution in [3.8, 4) is 11.3 Å². The van der Waals surface area contributed by atoms with E-state index in [0.29, 0.717) is 27.4 Å². The van der Waals surface area contributed by atoms with Crippen LogP contribution >= 0.6 is 11.3 Å². The summed E-state index contributed by atoms with van der Waals surface area (Å²) in [5.74, 6) is -2.43. The molecule has 0 radical (unpaired) electrons. The van der Waals surface area contributed by atoms with Crippen molar-refractivity contribution in [2.24, 2.45) is 0 Å². The summed E-state index contributed by atoms with van der Waals surface area (Å²) in [5.41, 5.74) is 1.81. The van der Waals surface area contributed by atoms with Crippen LogP contribution in [-0.4, -0.2) is 20.9 Å². The van der Waals surface area contributed by atoms with Gasteiger partial charge in [-0.05, 0) is 17.7 Å². The number of carbonyl (C=O) groups excluding carboxylic acids is 1. The molecule has 0 atom stereocenters. The lowest BCUT2D eigenvalue weighted by Gasteiger charge is -2.03. The molecule has 0 aliphatic heterocycles. The fourth-order valence-electron chi connectivity index (χ4n) is 2.65. The second-order valence-electron chi connectivity index (χ2n) is 5.75. The maximum Gasteiger partial charge on any atom is 0.230 e. The Labute approximate surface area is 154 Å². The van der Waals surface area contributed by atoms with E-state index in [0.717, 1.165) is 18.3 Å². The van der Waals surface area contributed by atoms with E-state index < -0.39 is 23.4 Å². The maximum absolute atomic E-state index is 13.6. The molecule has 0 aliphatic rings. The smallest absolute Gasteiger partial charge is 0.230 e. The number of aromatic amines is 1. The van der Waals surface area contributed by atoms with Crippen LogP contribution < -0.4 is 5.32 Å². The number of anilines is 1. The van der Waals surface area contributed by atoms with Crippen molar-refractivity contribution < 1.29 is 18.0 Å². The first-order valence-electron chi connectivity index (χ1n) is 7.82. The SMILES string of the molecule is O=C(Cc1ccc(F)cc1F)Nc1nc(-c2c[nH]c3ncc(F)cc23)cs1. The second kappa shape index (κ2) is 6.84. The highest BCUT2D eigenvalue weighted by atomic mass is 32.1. The van der Waals surface area contributed by atoms with E-state index in [1.54, 1.807) is 11.6 Å². The molecule has 0 unspecified atom stereocenters. The third-order valence-corrected chi connectivity index (χ3v) is 4.65. The van der Waals surface area contributed by atoms with Gasteiger partial charge in [-0.2, -0.15) is 0 Å². The molecular formula is C18H11F3N4OS. The fraction of sp³-hybridized carbons (Fsp3) is 0.0556. The lowest BCUT2D eigenvalue weighted by atomic mass is 10.1. The fourth-order valence-corrected chi connectivity index (χ4v) is 3.37. The standard InChI is InChI=1S/C18H11F3N4OS/c19-10-2-1-9(14(21)5-10)3-16(26)25-18-24-15(8-27-18)13-7-23-17-12(13)4-11(20)6-22-17/h1-2,4-8H,3H2,(H,22,23)(H,24,25,26). The van der Waals surface area contributed by atoms with E-state index in [4.69, 9.17) is 0 Å². The molecule has 3 heterocycles. The van der Waals surface area contributed by atoms with Crippen molar-refractivity contribution in [1.82, 2.24) is 15.0 Å². The lowest BCUT2D eigenvalue weighted by molar-refractivity contribution is -0.115. The molecule has 0 saturated carbocycles. The van der Waals surface area contributed by atoms with Crippen molar-refractivity contribution in [3.63, 3.8) is 0 Å². The molecule has 0 fully saturated rings. The van der Waals surface area contributed by atoms with Crippen LogP contribution in [0.5, 0.6) is 0 Å². The summed E-state index contributed by atoms with van der Waals surface area (Å²) in [5, 5.41) is 5.18. The number of rotatable bonds is 4. The number of amides is 1. The van der Waals surface area contributed by atoms with Crippen LogP contribution in [0.3, 0.4) is 0 Å². The van der Waals surface area contributed by atoms with Gasteiger partial charge < -0.3 is 10.3 Å². The molecule has 2 N–H and O–H groups in total. The van der Waals surface area contributed by atoms with Crippen molar-refractivity contribution in [2.75, 3.05) is 5.32 Å². The molecule has 0 bridgehead atoms. The van der Waals surface area contributed by atoms with Gasteiger partial charge in [-0.1, -0.05) is 6.07 Å². The predicted molar refractivity (Wildman–Crippen MR) is 95.9 cm³/mol. The molecule has 1 amide bonds. The molecule has 0 saturated heterocycles. The number of hydrogen-bond acceptors (Lipinski definition) is 4. The van der Waals surface area contributed by atoms with Gasteiger partial charge in [0.2, 0.25) is 5.91 Å². The molecule has 5 nitrogen and oxygen atoms in total. The summed E-state index contributed by atoms with van der Waals surface area (Å²) in [6, 6.07) is 4.40. The van der Waals surface area contributed by atoms with E-state index in [2.05, 4.69) is 20.3 Å². The number of carbonyl (C=O) groups is 1. The summed E-state index contributed by atoms with van der Waals surface area (Å²) < 4.78 is 40.0. The number of nitrogens with zero attached hydrogens (tertiary/aromatic N) is 2. The first-order chi connectivity index (χ1) is 13.0. The Balaban J connectivity index is 1.52. The second-order valence-corrected chi connectivity index (χ2v) is 6.61. The van der Waals surface area contributed by atoms with Crippen molar-refractivity contribution in [1.29, 1.82) is 0 Å². The third kappa shape index (κ3) is 3.54. The molecule has 0 aliphatic carbocycles. The quantitative estimate of drug-likeness (QED) is 0.548. The molecule has 27 heavy (non-hydrogen) atoms. The number of thiazole rings is 1. The zero-order valence-electron chi connectivity index (χ0n) is 13.6. The molecule has 0 spiro atoms. The minimum absolute atomic E-state index is 0.0869. The first-order valence-corrected chi connectivity index (χ1v) is 8.70. The van der Waals surface area contributed by atoms with Gasteiger partial charge in [0.05, 0.1) is 18.3 Å². The van der Waals surface area contributed by atoms with Crippen LogP contribution in [0, 0.1) is 17.5 Å². The highest BCUT2D eigenvalue weighted by Crippen LogP contribution is 2.30. The third-order valence-electron chi connectivity index (χ3n) is 3.89. The number of hydrogen-bond donors (Lipinski definition) is 2. The average Bonchev–Trinajstić information content (AvgIpc) is 3.23. The first kappa shape index (κ1) is 17.2. The Morgan fingerprint density at radius 3 is 2.85 bits per heavy atom. The van der Waals surface area contributed by atoms with Gasteiger partial charge in [-0.3, -0.25) is 4.79 Å². The zero-order chi connectivity index (χ0) is 19.0. The van der Waals surface area contributed by atoms with Gasteiger partial charge in [0.15, 0.2) is 5.13 Å². The Kier molecular flexibility index (Phi) is 4.36. The average molecular weight is 388 g/mol. The van der Waals surface area contributed by atoms with E-state index in [-0.39, 0.29) is 12.0 Å². The number of H-pyrrole nitrogens is 1. The van der Waals surface area contributed by atoms with Crippen LogP contribution in [-0.2, 0) is 11.2 Å². The topological polar surface area (TPSA) is 70.7 Å². The molecule has 136 valence electrons. The number of fused-ring (bicyclic) bond motifs is 1. The van der Waals surface area contributed by atoms with E-state index in [1.807, 2.05) is 0 Å². The van der Waals surface area contributed by atoms with Gasteiger partial charge in [-0.15, -0.1) is 11.3 Å². The highest BCUT2D eigenvalue weighted by molar-refractivity contribution is 7.14. The Bertz CT molecular complexity index is 1150. The summed E-state index contributed by atoms with van der Waals surface area (Å²) in [4.78, 5) is 23.3. The Morgan fingerprint density at radius 1 is 1.19 bits per heavy atom. The maximum atomic E-state index is 13.6. The molecule has 9 heteroatoms. The molecule has 3 aromatic heterocycles. The van der Waals surface area contributed by atoms with Crippen molar-refractivity contribution >= 4 is 33.4 Å². The Hall–Kier alpha value is -3.20. The highest BCUT2D eigenvalue weighted by Gasteiger charge is 2.14. The van der Waals surface area contributed by atoms with Crippen LogP contribution in [0.1, 0.15) is 5.56 Å². The van der Waals surface area contributed by atoms with Crippen molar-refractivity contribution in [3.05, 3.63) is 65.1 Å². The van der Waals surface area contributed by atoms with Gasteiger partial charge >= 0.3 is 0 Å². The van der Waals surface area contributed by atoms with Crippen LogP contribution in [0.25, 0.3) is 22.3 Å². The van der Waals surface area contributed by atoms with E-state index in [9.17, 15) is 18.0 Å². The van der Waals surface area contributed by atoms with Gasteiger partial charge in [0.25, 0.3) is 0 Å². The summed E-state index contributed by atoms with van der Waals surface area (Å²) >= 11 is 1.18. The van der Waals surface area contributed by atoms with Crippen LogP contribution in [0.4, 0.5) is 18.3 Å². The number of pyridine rings is 1. The van der Waals surface area contributed by atoms with Gasteiger partial charge in [0.1, 0.15) is 23.1 Å². The molecule has 4 aromatic rings. The minimum Gasteiger partial charge on any atom is -0.345 e. The summed E-state index contributed by atoms with van der Waals surface area (Å²) in [6.07, 6.45) is 2.53. The van der Waals surface area contributed by atoms with Gasteiger partial charge in [0, 0.05) is 28.6 Å². The summed E-state index contributed by atoms with van der Waals surface area (Å²) in [7, 11) is 0. The Morgan fingerprint density at radius 2 is 2.04 bits per heavy atom.